The second-order valence-electron chi connectivity index (χ2n) is 5.80. The van der Waals surface area contributed by atoms with Crippen LogP contribution in [0.2, 0.25) is 0 Å². The van der Waals surface area contributed by atoms with Crippen molar-refractivity contribution in [2.75, 3.05) is 0 Å². The fraction of sp³-hybridized carbons (Fsp3) is 0.917. The van der Waals surface area contributed by atoms with E-state index in [9.17, 15) is 9.90 Å². The van der Waals surface area contributed by atoms with E-state index in [1.807, 2.05) is 20.8 Å². The fourth-order valence-electron chi connectivity index (χ4n) is 1.39. The Labute approximate surface area is 92.3 Å². The molecule has 3 nitrogen and oxygen atoms in total. The van der Waals surface area contributed by atoms with Crippen LogP contribution in [0.3, 0.4) is 0 Å². The topological polar surface area (TPSA) is 49.3 Å². The summed E-state index contributed by atoms with van der Waals surface area (Å²) in [5.41, 5.74) is -1.50. The van der Waals surface area contributed by atoms with Crippen molar-refractivity contribution in [2.24, 2.45) is 11.8 Å². The minimum absolute atomic E-state index is 0.0598. The number of amides is 1. The van der Waals surface area contributed by atoms with Crippen molar-refractivity contribution in [2.45, 2.75) is 58.6 Å². The summed E-state index contributed by atoms with van der Waals surface area (Å²) in [5.74, 6) is 0.693. The molecule has 2 N–H and O–H groups in total. The van der Waals surface area contributed by atoms with Crippen LogP contribution < -0.4 is 5.32 Å². The normalized spacial score (nSPS) is 19.9. The summed E-state index contributed by atoms with van der Waals surface area (Å²) in [6.07, 6.45) is 2.33. The van der Waals surface area contributed by atoms with Gasteiger partial charge >= 0.3 is 0 Å². The maximum absolute atomic E-state index is 11.9. The number of hydrogen-bond acceptors (Lipinski definition) is 2. The molecule has 0 saturated heterocycles. The van der Waals surface area contributed by atoms with Crippen molar-refractivity contribution in [1.82, 2.24) is 5.32 Å². The van der Waals surface area contributed by atoms with Gasteiger partial charge in [-0.05, 0) is 46.5 Å². The fourth-order valence-corrected chi connectivity index (χ4v) is 1.39. The molecule has 1 rings (SSSR count). The molecule has 3 heteroatoms. The predicted octanol–water partition coefficient (Wildman–Crippen LogP) is 1.70. The van der Waals surface area contributed by atoms with Crippen LogP contribution in [0, 0.1) is 11.8 Å². The Morgan fingerprint density at radius 3 is 2.13 bits per heavy atom. The van der Waals surface area contributed by atoms with Crippen LogP contribution in [0.25, 0.3) is 0 Å². The molecular formula is C12H23NO2. The van der Waals surface area contributed by atoms with Crippen LogP contribution in [-0.4, -0.2) is 22.2 Å². The summed E-state index contributed by atoms with van der Waals surface area (Å²) >= 11 is 0. The van der Waals surface area contributed by atoms with Crippen molar-refractivity contribution in [3.8, 4) is 0 Å². The lowest BCUT2D eigenvalue weighted by atomic mass is 9.85. The van der Waals surface area contributed by atoms with E-state index < -0.39 is 11.1 Å². The highest BCUT2D eigenvalue weighted by Crippen LogP contribution is 2.37. The lowest BCUT2D eigenvalue weighted by Crippen LogP contribution is -2.58. The quantitative estimate of drug-likeness (QED) is 0.746. The standard InChI is InChI=1S/C12H23NO2/c1-8(9-6-7-9)10(14)13-11(2,3)12(4,5)15/h8-9,15H,6-7H2,1-5H3,(H,13,14). The van der Waals surface area contributed by atoms with Crippen molar-refractivity contribution < 1.29 is 9.90 Å². The first-order valence-electron chi connectivity index (χ1n) is 5.69. The van der Waals surface area contributed by atoms with Crippen LogP contribution in [0.1, 0.15) is 47.5 Å². The van der Waals surface area contributed by atoms with E-state index in [4.69, 9.17) is 0 Å². The van der Waals surface area contributed by atoms with E-state index in [0.29, 0.717) is 5.92 Å². The average molecular weight is 213 g/mol. The number of nitrogens with one attached hydrogen (secondary N) is 1. The third-order valence-electron chi connectivity index (χ3n) is 3.71. The smallest absolute Gasteiger partial charge is 0.223 e. The number of carbonyl (C=O) groups is 1. The third-order valence-corrected chi connectivity index (χ3v) is 3.71. The molecule has 0 aliphatic heterocycles. The highest BCUT2D eigenvalue weighted by atomic mass is 16.3. The molecule has 0 aromatic rings. The molecule has 0 spiro atoms. The average Bonchev–Trinajstić information content (AvgIpc) is 2.81. The van der Waals surface area contributed by atoms with Crippen LogP contribution in [0.4, 0.5) is 0 Å². The van der Waals surface area contributed by atoms with Gasteiger partial charge in [-0.25, -0.2) is 0 Å². The Bertz CT molecular complexity index is 249. The first-order chi connectivity index (χ1) is 6.65. The van der Waals surface area contributed by atoms with Crippen molar-refractivity contribution in [3.05, 3.63) is 0 Å². The van der Waals surface area contributed by atoms with Crippen LogP contribution in [0.15, 0.2) is 0 Å². The van der Waals surface area contributed by atoms with Gasteiger partial charge in [0.25, 0.3) is 0 Å². The lowest BCUT2D eigenvalue weighted by molar-refractivity contribution is -0.130. The second-order valence-corrected chi connectivity index (χ2v) is 5.80. The van der Waals surface area contributed by atoms with E-state index in [0.717, 1.165) is 12.8 Å². The molecule has 1 aliphatic carbocycles. The minimum atomic E-state index is -0.911. The SMILES string of the molecule is CC(C(=O)NC(C)(C)C(C)(C)O)C1CC1. The maximum atomic E-state index is 11.9. The molecule has 88 valence electrons. The molecule has 0 radical (unpaired) electrons. The highest BCUT2D eigenvalue weighted by molar-refractivity contribution is 5.79. The van der Waals surface area contributed by atoms with Gasteiger partial charge in [-0.3, -0.25) is 4.79 Å². The van der Waals surface area contributed by atoms with Gasteiger partial charge in [0.15, 0.2) is 0 Å². The van der Waals surface area contributed by atoms with E-state index in [2.05, 4.69) is 5.32 Å². The largest absolute Gasteiger partial charge is 0.388 e. The first-order valence-corrected chi connectivity index (χ1v) is 5.69. The van der Waals surface area contributed by atoms with E-state index in [-0.39, 0.29) is 11.8 Å². The molecule has 1 saturated carbocycles. The molecule has 1 fully saturated rings. The predicted molar refractivity (Wildman–Crippen MR) is 60.4 cm³/mol. The summed E-state index contributed by atoms with van der Waals surface area (Å²) in [4.78, 5) is 11.9. The van der Waals surface area contributed by atoms with Crippen LogP contribution in [0.5, 0.6) is 0 Å². The molecule has 1 atom stereocenters. The van der Waals surface area contributed by atoms with Crippen LogP contribution in [-0.2, 0) is 4.79 Å². The van der Waals surface area contributed by atoms with Gasteiger partial charge in [0.2, 0.25) is 5.91 Å². The first kappa shape index (κ1) is 12.5. The minimum Gasteiger partial charge on any atom is -0.388 e. The number of rotatable bonds is 4. The summed E-state index contributed by atoms with van der Waals surface area (Å²) < 4.78 is 0. The van der Waals surface area contributed by atoms with E-state index >= 15 is 0 Å². The zero-order valence-electron chi connectivity index (χ0n) is 10.4. The van der Waals surface area contributed by atoms with Crippen LogP contribution >= 0.6 is 0 Å². The van der Waals surface area contributed by atoms with Gasteiger partial charge < -0.3 is 10.4 Å². The molecule has 0 aromatic carbocycles. The molecule has 1 aliphatic rings. The molecule has 1 amide bonds. The Morgan fingerprint density at radius 2 is 1.80 bits per heavy atom. The summed E-state index contributed by atoms with van der Waals surface area (Å²) in [7, 11) is 0. The maximum Gasteiger partial charge on any atom is 0.223 e. The zero-order chi connectivity index (χ0) is 11.9. The molecule has 0 bridgehead atoms. The monoisotopic (exact) mass is 213 g/mol. The third kappa shape index (κ3) is 2.94. The van der Waals surface area contributed by atoms with Gasteiger partial charge in [0.1, 0.15) is 0 Å². The Balaban J connectivity index is 2.56. The van der Waals surface area contributed by atoms with Gasteiger partial charge in [-0.1, -0.05) is 6.92 Å². The zero-order valence-corrected chi connectivity index (χ0v) is 10.4. The Kier molecular flexibility index (Phi) is 3.15. The molecule has 1 unspecified atom stereocenters. The molecule has 15 heavy (non-hydrogen) atoms. The number of hydrogen-bond donors (Lipinski definition) is 2. The number of aliphatic hydroxyl groups is 1. The van der Waals surface area contributed by atoms with Crippen molar-refractivity contribution in [3.63, 3.8) is 0 Å². The molecule has 0 heterocycles. The summed E-state index contributed by atoms with van der Waals surface area (Å²) in [6.45, 7) is 9.10. The highest BCUT2D eigenvalue weighted by Gasteiger charge is 2.39. The van der Waals surface area contributed by atoms with Crippen molar-refractivity contribution >= 4 is 5.91 Å². The lowest BCUT2D eigenvalue weighted by Gasteiger charge is -2.38. The summed E-state index contributed by atoms with van der Waals surface area (Å²) in [5, 5.41) is 12.8. The Morgan fingerprint density at radius 1 is 1.33 bits per heavy atom. The van der Waals surface area contributed by atoms with E-state index in [1.54, 1.807) is 13.8 Å². The van der Waals surface area contributed by atoms with Gasteiger partial charge in [-0.15, -0.1) is 0 Å². The number of carbonyl (C=O) groups excluding carboxylic acids is 1. The summed E-state index contributed by atoms with van der Waals surface area (Å²) in [6, 6.07) is 0. The van der Waals surface area contributed by atoms with Gasteiger partial charge in [0, 0.05) is 5.92 Å². The Hall–Kier alpha value is -0.570. The van der Waals surface area contributed by atoms with Gasteiger partial charge in [0.05, 0.1) is 11.1 Å². The second kappa shape index (κ2) is 3.78. The molecule has 0 aromatic heterocycles. The molecular weight excluding hydrogens is 190 g/mol. The van der Waals surface area contributed by atoms with Gasteiger partial charge in [-0.2, -0.15) is 0 Å². The van der Waals surface area contributed by atoms with Crippen molar-refractivity contribution in [1.29, 1.82) is 0 Å². The van der Waals surface area contributed by atoms with E-state index in [1.165, 1.54) is 0 Å².